The average molecular weight is 397 g/mol. The number of urea groups is 1. The standard InChI is InChI=1S/C18H28N4O4S/c1-12(23)22-18(4)10-14(9-17(2,3)11-18)21-16(24)20-13-5-7-15(8-6-13)27(19,25)26/h5-8,14H,9-11H2,1-4H3,(H,22,23)(H2,19,25,26)(H2,20,21,24). The van der Waals surface area contributed by atoms with Gasteiger partial charge in [-0.3, -0.25) is 4.79 Å². The largest absolute Gasteiger partial charge is 0.351 e. The van der Waals surface area contributed by atoms with Crippen LogP contribution in [0.4, 0.5) is 10.5 Å². The molecule has 1 aromatic carbocycles. The number of benzene rings is 1. The molecule has 1 saturated carbocycles. The van der Waals surface area contributed by atoms with E-state index < -0.39 is 10.0 Å². The molecule has 8 nitrogen and oxygen atoms in total. The van der Waals surface area contributed by atoms with Crippen LogP contribution in [0.3, 0.4) is 0 Å². The first-order valence-electron chi connectivity index (χ1n) is 8.77. The molecule has 0 saturated heterocycles. The number of hydrogen-bond donors (Lipinski definition) is 4. The molecule has 2 unspecified atom stereocenters. The van der Waals surface area contributed by atoms with Crippen LogP contribution >= 0.6 is 0 Å². The highest BCUT2D eigenvalue weighted by atomic mass is 32.2. The van der Waals surface area contributed by atoms with Crippen LogP contribution < -0.4 is 21.1 Å². The Morgan fingerprint density at radius 1 is 1.11 bits per heavy atom. The monoisotopic (exact) mass is 396 g/mol. The topological polar surface area (TPSA) is 130 Å². The van der Waals surface area contributed by atoms with Crippen LogP contribution in [-0.2, 0) is 14.8 Å². The molecule has 1 aliphatic rings. The van der Waals surface area contributed by atoms with Crippen molar-refractivity contribution in [3.8, 4) is 0 Å². The normalized spacial score (nSPS) is 24.7. The summed E-state index contributed by atoms with van der Waals surface area (Å²) in [5, 5.41) is 13.7. The molecule has 1 aromatic rings. The lowest BCUT2D eigenvalue weighted by molar-refractivity contribution is -0.121. The molecular weight excluding hydrogens is 368 g/mol. The van der Waals surface area contributed by atoms with E-state index in [0.717, 1.165) is 12.8 Å². The summed E-state index contributed by atoms with van der Waals surface area (Å²) in [6.45, 7) is 7.72. The number of carbonyl (C=O) groups is 2. The summed E-state index contributed by atoms with van der Waals surface area (Å²) in [5.41, 5.74) is 0.0345. The minimum absolute atomic E-state index is 0.0198. The van der Waals surface area contributed by atoms with Gasteiger partial charge in [0.2, 0.25) is 15.9 Å². The van der Waals surface area contributed by atoms with Crippen molar-refractivity contribution in [2.75, 3.05) is 5.32 Å². The Labute approximate surface area is 160 Å². The first kappa shape index (κ1) is 21.2. The zero-order valence-electron chi connectivity index (χ0n) is 16.1. The van der Waals surface area contributed by atoms with Crippen LogP contribution in [0, 0.1) is 5.41 Å². The number of nitrogens with two attached hydrogens (primary N) is 1. The lowest BCUT2D eigenvalue weighted by atomic mass is 9.66. The van der Waals surface area contributed by atoms with E-state index in [9.17, 15) is 18.0 Å². The summed E-state index contributed by atoms with van der Waals surface area (Å²) in [5.74, 6) is -0.0895. The minimum Gasteiger partial charge on any atom is -0.351 e. The molecule has 3 amide bonds. The predicted octanol–water partition coefficient (Wildman–Crippen LogP) is 1.93. The zero-order chi connectivity index (χ0) is 20.5. The summed E-state index contributed by atoms with van der Waals surface area (Å²) in [7, 11) is -3.77. The van der Waals surface area contributed by atoms with E-state index in [1.807, 2.05) is 6.92 Å². The van der Waals surface area contributed by atoms with Crippen molar-refractivity contribution < 1.29 is 18.0 Å². The van der Waals surface area contributed by atoms with E-state index in [1.165, 1.54) is 31.2 Å². The maximum Gasteiger partial charge on any atom is 0.319 e. The third-order valence-corrected chi connectivity index (χ3v) is 5.55. The molecular formula is C18H28N4O4S. The second-order valence-electron chi connectivity index (χ2n) is 8.36. The molecule has 0 bridgehead atoms. The molecule has 5 N–H and O–H groups in total. The Hall–Kier alpha value is -2.13. The molecule has 0 aromatic heterocycles. The maximum atomic E-state index is 12.4. The van der Waals surface area contributed by atoms with E-state index in [0.29, 0.717) is 12.1 Å². The van der Waals surface area contributed by atoms with Gasteiger partial charge in [0.15, 0.2) is 0 Å². The molecule has 2 rings (SSSR count). The highest BCUT2D eigenvalue weighted by Crippen LogP contribution is 2.41. The van der Waals surface area contributed by atoms with Crippen molar-refractivity contribution >= 4 is 27.6 Å². The molecule has 1 aliphatic carbocycles. The van der Waals surface area contributed by atoms with Gasteiger partial charge in [0.25, 0.3) is 0 Å². The molecule has 0 heterocycles. The highest BCUT2D eigenvalue weighted by Gasteiger charge is 2.42. The number of primary sulfonamides is 1. The van der Waals surface area contributed by atoms with Crippen molar-refractivity contribution in [2.45, 2.75) is 63.4 Å². The quantitative estimate of drug-likeness (QED) is 0.619. The van der Waals surface area contributed by atoms with Crippen LogP contribution in [-0.4, -0.2) is 31.9 Å². The van der Waals surface area contributed by atoms with E-state index in [4.69, 9.17) is 5.14 Å². The van der Waals surface area contributed by atoms with E-state index in [-0.39, 0.29) is 33.8 Å². The molecule has 9 heteroatoms. The minimum atomic E-state index is -3.77. The number of sulfonamides is 1. The number of amides is 3. The number of rotatable bonds is 4. The predicted molar refractivity (Wildman–Crippen MR) is 104 cm³/mol. The van der Waals surface area contributed by atoms with Crippen LogP contribution in [0.15, 0.2) is 29.2 Å². The molecule has 27 heavy (non-hydrogen) atoms. The van der Waals surface area contributed by atoms with Gasteiger partial charge >= 0.3 is 6.03 Å². The SMILES string of the molecule is CC(=O)NC1(C)CC(NC(=O)Nc2ccc(S(N)(=O)=O)cc2)CC(C)(C)C1. The van der Waals surface area contributed by atoms with E-state index in [2.05, 4.69) is 29.8 Å². The van der Waals surface area contributed by atoms with Crippen LogP contribution in [0.2, 0.25) is 0 Å². The van der Waals surface area contributed by atoms with Gasteiger partial charge in [-0.1, -0.05) is 13.8 Å². The van der Waals surface area contributed by atoms with Gasteiger partial charge in [0, 0.05) is 24.2 Å². The summed E-state index contributed by atoms with van der Waals surface area (Å²) < 4.78 is 22.6. The van der Waals surface area contributed by atoms with Crippen LogP contribution in [0.25, 0.3) is 0 Å². The summed E-state index contributed by atoms with van der Waals surface area (Å²) in [6, 6.07) is 5.14. The van der Waals surface area contributed by atoms with E-state index in [1.54, 1.807) is 0 Å². The Kier molecular flexibility index (Phi) is 5.86. The second-order valence-corrected chi connectivity index (χ2v) is 9.92. The molecule has 1 fully saturated rings. The number of hydrogen-bond acceptors (Lipinski definition) is 4. The lowest BCUT2D eigenvalue weighted by Crippen LogP contribution is -2.57. The van der Waals surface area contributed by atoms with E-state index >= 15 is 0 Å². The highest BCUT2D eigenvalue weighted by molar-refractivity contribution is 7.89. The maximum absolute atomic E-state index is 12.4. The fourth-order valence-corrected chi connectivity index (χ4v) is 4.70. The molecule has 2 atom stereocenters. The summed E-state index contributed by atoms with van der Waals surface area (Å²) in [6.07, 6.45) is 2.25. The fraction of sp³-hybridized carbons (Fsp3) is 0.556. The zero-order valence-corrected chi connectivity index (χ0v) is 16.9. The smallest absolute Gasteiger partial charge is 0.319 e. The number of anilines is 1. The summed E-state index contributed by atoms with van der Waals surface area (Å²) in [4.78, 5) is 23.9. The van der Waals surface area contributed by atoms with Gasteiger partial charge < -0.3 is 16.0 Å². The third kappa shape index (κ3) is 6.21. The van der Waals surface area contributed by atoms with Crippen molar-refractivity contribution in [1.82, 2.24) is 10.6 Å². The third-order valence-electron chi connectivity index (χ3n) is 4.62. The average Bonchev–Trinajstić information content (AvgIpc) is 2.42. The van der Waals surface area contributed by atoms with Crippen LogP contribution in [0.1, 0.15) is 47.0 Å². The summed E-state index contributed by atoms with van der Waals surface area (Å²) >= 11 is 0. The number of nitrogens with one attached hydrogen (secondary N) is 3. The first-order valence-corrected chi connectivity index (χ1v) is 10.3. The van der Waals surface area contributed by atoms with Gasteiger partial charge in [0.1, 0.15) is 0 Å². The van der Waals surface area contributed by atoms with Gasteiger partial charge in [-0.2, -0.15) is 0 Å². The van der Waals surface area contributed by atoms with Crippen molar-refractivity contribution in [3.63, 3.8) is 0 Å². The van der Waals surface area contributed by atoms with Gasteiger partial charge in [-0.05, 0) is 55.9 Å². The number of carbonyl (C=O) groups excluding carboxylic acids is 2. The Morgan fingerprint density at radius 3 is 2.22 bits per heavy atom. The van der Waals surface area contributed by atoms with Gasteiger partial charge in [0.05, 0.1) is 4.90 Å². The van der Waals surface area contributed by atoms with Crippen molar-refractivity contribution in [3.05, 3.63) is 24.3 Å². The van der Waals surface area contributed by atoms with Gasteiger partial charge in [-0.25, -0.2) is 18.4 Å². The molecule has 0 aliphatic heterocycles. The molecule has 150 valence electrons. The Morgan fingerprint density at radius 2 is 1.70 bits per heavy atom. The van der Waals surface area contributed by atoms with Crippen LogP contribution in [0.5, 0.6) is 0 Å². The van der Waals surface area contributed by atoms with Gasteiger partial charge in [-0.15, -0.1) is 0 Å². The molecule has 0 spiro atoms. The fourth-order valence-electron chi connectivity index (χ4n) is 4.19. The Balaban J connectivity index is 2.02. The van der Waals surface area contributed by atoms with Crippen molar-refractivity contribution in [1.29, 1.82) is 0 Å². The molecule has 0 radical (unpaired) electrons. The second kappa shape index (κ2) is 7.47. The first-order chi connectivity index (χ1) is 12.3. The lowest BCUT2D eigenvalue weighted by Gasteiger charge is -2.47. The Bertz CT molecular complexity index is 820. The van der Waals surface area contributed by atoms with Crippen molar-refractivity contribution in [2.24, 2.45) is 10.6 Å².